The summed E-state index contributed by atoms with van der Waals surface area (Å²) in [6, 6.07) is 6.88. The van der Waals surface area contributed by atoms with E-state index in [1.54, 1.807) is 24.3 Å². The molecule has 5 heteroatoms. The second kappa shape index (κ2) is 3.59. The van der Waals surface area contributed by atoms with Gasteiger partial charge in [0.25, 0.3) is 0 Å². The summed E-state index contributed by atoms with van der Waals surface area (Å²) < 4.78 is 24.4. The number of hydrogen-bond acceptors (Lipinski definition) is 4. The van der Waals surface area contributed by atoms with Gasteiger partial charge in [-0.25, -0.2) is 0 Å². The Morgan fingerprint density at radius 3 is 2.93 bits per heavy atom. The van der Waals surface area contributed by atoms with Gasteiger partial charge in [0.15, 0.2) is 6.61 Å². The Bertz CT molecular complexity index is 462. The molecule has 0 saturated carbocycles. The Kier molecular flexibility index (Phi) is 2.40. The number of nitriles is 1. The molecule has 4 nitrogen and oxygen atoms in total. The summed E-state index contributed by atoms with van der Waals surface area (Å²) in [5.41, 5.74) is 0.646. The van der Waals surface area contributed by atoms with Crippen LogP contribution < -0.4 is 4.74 Å². The third-order valence-electron chi connectivity index (χ3n) is 2.07. The fraction of sp³-hybridized carbons (Fsp3) is 0.100. The molecule has 0 spiro atoms. The molecule has 1 aliphatic heterocycles. The first kappa shape index (κ1) is 10.1. The molecule has 15 heavy (non-hydrogen) atoms. The van der Waals surface area contributed by atoms with Crippen molar-refractivity contribution in [3.8, 4) is 11.8 Å². The molecule has 0 bridgehead atoms. The fourth-order valence-corrected chi connectivity index (χ4v) is 2.67. The molecule has 0 atom stereocenters. The zero-order valence-electron chi connectivity index (χ0n) is 7.75. The van der Waals surface area contributed by atoms with Crippen molar-refractivity contribution < 1.29 is 13.8 Å². The molecule has 0 fully saturated rings. The van der Waals surface area contributed by atoms with Crippen LogP contribution in [-0.2, 0) is 0 Å². The lowest BCUT2D eigenvalue weighted by Crippen LogP contribution is -1.97. The predicted octanol–water partition coefficient (Wildman–Crippen LogP) is 2.68. The second-order valence-corrected chi connectivity index (χ2v) is 4.91. The van der Waals surface area contributed by atoms with E-state index in [9.17, 15) is 9.11 Å². The van der Waals surface area contributed by atoms with E-state index in [-0.39, 0.29) is 6.61 Å². The van der Waals surface area contributed by atoms with Crippen LogP contribution in [0, 0.1) is 11.3 Å². The lowest BCUT2D eigenvalue weighted by molar-refractivity contribution is 0.366. The molecule has 0 unspecified atom stereocenters. The largest absolute Gasteiger partial charge is 0.478 e. The van der Waals surface area contributed by atoms with E-state index in [0.717, 1.165) is 0 Å². The van der Waals surface area contributed by atoms with Gasteiger partial charge in [-0.15, -0.1) is 10.6 Å². The average molecular weight is 223 g/mol. The molecule has 0 radical (unpaired) electrons. The molecule has 1 aromatic carbocycles. The maximum Gasteiger partial charge on any atom is 0.174 e. The first-order valence-corrected chi connectivity index (χ1v) is 5.85. The molecule has 1 aromatic rings. The molecule has 2 N–H and O–H groups in total. The molecular formula is C10H9NO3S. The van der Waals surface area contributed by atoms with Crippen LogP contribution in [0.2, 0.25) is 0 Å². The summed E-state index contributed by atoms with van der Waals surface area (Å²) in [6.45, 7) is -0.0521. The van der Waals surface area contributed by atoms with E-state index >= 15 is 0 Å². The van der Waals surface area contributed by atoms with Crippen molar-refractivity contribution in [2.45, 2.75) is 4.90 Å². The quantitative estimate of drug-likeness (QED) is 0.808. The van der Waals surface area contributed by atoms with Crippen molar-refractivity contribution in [3.05, 3.63) is 29.2 Å². The lowest BCUT2D eigenvalue weighted by atomic mass is 10.2. The Morgan fingerprint density at radius 1 is 1.40 bits per heavy atom. The first-order valence-electron chi connectivity index (χ1n) is 4.24. The minimum Gasteiger partial charge on any atom is -0.478 e. The van der Waals surface area contributed by atoms with Gasteiger partial charge in [-0.05, 0) is 18.2 Å². The third-order valence-corrected chi connectivity index (χ3v) is 3.59. The van der Waals surface area contributed by atoms with Crippen LogP contribution in [0.1, 0.15) is 5.56 Å². The zero-order valence-corrected chi connectivity index (χ0v) is 8.57. The van der Waals surface area contributed by atoms with E-state index in [2.05, 4.69) is 0 Å². The molecule has 78 valence electrons. The van der Waals surface area contributed by atoms with Crippen molar-refractivity contribution in [3.63, 3.8) is 0 Å². The molecule has 0 amide bonds. The minimum absolute atomic E-state index is 0.0521. The van der Waals surface area contributed by atoms with E-state index in [1.165, 1.54) is 5.41 Å². The van der Waals surface area contributed by atoms with Gasteiger partial charge in [0.2, 0.25) is 0 Å². The Morgan fingerprint density at radius 2 is 2.20 bits per heavy atom. The summed E-state index contributed by atoms with van der Waals surface area (Å²) >= 11 is 0. The fourth-order valence-electron chi connectivity index (χ4n) is 1.42. The van der Waals surface area contributed by atoms with Crippen LogP contribution >= 0.6 is 10.6 Å². The maximum atomic E-state index is 9.63. The summed E-state index contributed by atoms with van der Waals surface area (Å²) in [4.78, 5) is 0.456. The van der Waals surface area contributed by atoms with E-state index < -0.39 is 10.6 Å². The highest BCUT2D eigenvalue weighted by atomic mass is 32.3. The summed E-state index contributed by atoms with van der Waals surface area (Å²) in [5, 5.41) is 9.75. The molecule has 0 saturated heterocycles. The molecule has 2 rings (SSSR count). The number of fused-ring (bicyclic) bond motifs is 1. The highest BCUT2D eigenvalue weighted by molar-refractivity contribution is 8.27. The van der Waals surface area contributed by atoms with Gasteiger partial charge in [0, 0.05) is 11.0 Å². The number of ether oxygens (including phenoxy) is 1. The van der Waals surface area contributed by atoms with Crippen LogP contribution in [0.3, 0.4) is 0 Å². The van der Waals surface area contributed by atoms with Crippen molar-refractivity contribution in [2.75, 3.05) is 6.61 Å². The average Bonchev–Trinajstić information content (AvgIpc) is 2.53. The van der Waals surface area contributed by atoms with Crippen molar-refractivity contribution in [1.82, 2.24) is 0 Å². The molecular weight excluding hydrogens is 214 g/mol. The van der Waals surface area contributed by atoms with Crippen molar-refractivity contribution in [1.29, 1.82) is 5.26 Å². The highest BCUT2D eigenvalue weighted by Gasteiger charge is 2.23. The van der Waals surface area contributed by atoms with Crippen LogP contribution in [0.5, 0.6) is 5.75 Å². The SMILES string of the molecule is N#CCOc1cccc2c1C=CS2(O)O. The Labute approximate surface area is 88.8 Å². The summed E-state index contributed by atoms with van der Waals surface area (Å²) in [7, 11) is -2.80. The van der Waals surface area contributed by atoms with Crippen LogP contribution in [0.15, 0.2) is 28.5 Å². The van der Waals surface area contributed by atoms with Crippen LogP contribution in [-0.4, -0.2) is 15.7 Å². The first-order chi connectivity index (χ1) is 7.15. The van der Waals surface area contributed by atoms with Gasteiger partial charge >= 0.3 is 0 Å². The van der Waals surface area contributed by atoms with Gasteiger partial charge in [0.1, 0.15) is 11.8 Å². The normalized spacial score (nSPS) is 17.9. The van der Waals surface area contributed by atoms with Crippen LogP contribution in [0.25, 0.3) is 6.08 Å². The number of hydrogen-bond donors (Lipinski definition) is 2. The van der Waals surface area contributed by atoms with Crippen LogP contribution in [0.4, 0.5) is 0 Å². The number of benzene rings is 1. The van der Waals surface area contributed by atoms with Gasteiger partial charge in [-0.2, -0.15) is 5.26 Å². The smallest absolute Gasteiger partial charge is 0.174 e. The maximum absolute atomic E-state index is 9.63. The summed E-state index contributed by atoms with van der Waals surface area (Å²) in [5.74, 6) is 0.503. The van der Waals surface area contributed by atoms with Crippen molar-refractivity contribution in [2.24, 2.45) is 0 Å². The topological polar surface area (TPSA) is 73.5 Å². The van der Waals surface area contributed by atoms with E-state index in [4.69, 9.17) is 10.00 Å². The van der Waals surface area contributed by atoms with Gasteiger partial charge in [-0.1, -0.05) is 6.07 Å². The molecule has 0 aromatic heterocycles. The third kappa shape index (κ3) is 1.70. The molecule has 1 heterocycles. The number of rotatable bonds is 2. The van der Waals surface area contributed by atoms with E-state index in [1.807, 2.05) is 6.07 Å². The van der Waals surface area contributed by atoms with Crippen molar-refractivity contribution >= 4 is 16.7 Å². The second-order valence-electron chi connectivity index (χ2n) is 3.01. The Hall–Kier alpha value is -1.48. The Balaban J connectivity index is 2.41. The van der Waals surface area contributed by atoms with Gasteiger partial charge < -0.3 is 4.74 Å². The number of nitrogens with zero attached hydrogens (tertiary/aromatic N) is 1. The monoisotopic (exact) mass is 223 g/mol. The summed E-state index contributed by atoms with van der Waals surface area (Å²) in [6.07, 6.45) is 1.61. The minimum atomic E-state index is -2.80. The molecule has 0 aliphatic carbocycles. The zero-order chi connectivity index (χ0) is 10.9. The highest BCUT2D eigenvalue weighted by Crippen LogP contribution is 2.57. The lowest BCUT2D eigenvalue weighted by Gasteiger charge is -2.25. The van der Waals surface area contributed by atoms with E-state index in [0.29, 0.717) is 16.2 Å². The van der Waals surface area contributed by atoms with Gasteiger partial charge in [0.05, 0.1) is 4.90 Å². The predicted molar refractivity (Wildman–Crippen MR) is 57.7 cm³/mol. The molecule has 1 aliphatic rings. The standard InChI is InChI=1S/C10H9NO3S/c11-5-6-14-9-2-1-3-10-8(9)4-7-15(10,12)13/h1-4,7,12-13H,6H2. The van der Waals surface area contributed by atoms with Gasteiger partial charge in [-0.3, -0.25) is 9.11 Å².